The van der Waals surface area contributed by atoms with Gasteiger partial charge in [0, 0.05) is 30.2 Å². The number of hydrogen-bond acceptors (Lipinski definition) is 3. The van der Waals surface area contributed by atoms with Gasteiger partial charge in [-0.05, 0) is 49.1 Å². The van der Waals surface area contributed by atoms with E-state index >= 15 is 0 Å². The van der Waals surface area contributed by atoms with Crippen molar-refractivity contribution < 1.29 is 4.79 Å². The topological polar surface area (TPSA) is 58.4 Å². The second kappa shape index (κ2) is 6.99. The Morgan fingerprint density at radius 1 is 1.17 bits per heavy atom. The lowest BCUT2D eigenvalue weighted by molar-refractivity contribution is 0.102. The van der Waals surface area contributed by atoms with E-state index in [0.717, 1.165) is 43.2 Å². The van der Waals surface area contributed by atoms with Crippen molar-refractivity contribution in [1.29, 1.82) is 0 Å². The first kappa shape index (κ1) is 16.4. The molecule has 5 heteroatoms. The second-order valence-electron chi connectivity index (χ2n) is 6.77. The summed E-state index contributed by atoms with van der Waals surface area (Å²) in [5.41, 5.74) is 10.1. The van der Waals surface area contributed by atoms with Gasteiger partial charge in [0.25, 0.3) is 5.91 Å². The fraction of sp³-hybridized carbons (Fsp3) is 0.316. The molecule has 3 N–H and O–H groups in total. The lowest BCUT2D eigenvalue weighted by Crippen LogP contribution is -2.34. The first-order valence-electron chi connectivity index (χ1n) is 8.55. The first-order chi connectivity index (χ1) is 11.5. The highest BCUT2D eigenvalue weighted by Crippen LogP contribution is 2.28. The SMILES string of the molecule is Bc1ccc(NC(=O)c2cc(N)ccc2N2CCC(C)CC2)cc1. The smallest absolute Gasteiger partial charge is 0.257 e. The summed E-state index contributed by atoms with van der Waals surface area (Å²) in [4.78, 5) is 15.1. The molecule has 1 fully saturated rings. The largest absolute Gasteiger partial charge is 0.399 e. The molecule has 1 heterocycles. The molecule has 0 aliphatic carbocycles. The van der Waals surface area contributed by atoms with E-state index in [2.05, 4.69) is 17.1 Å². The van der Waals surface area contributed by atoms with Crippen LogP contribution in [0.2, 0.25) is 0 Å². The molecule has 2 aromatic carbocycles. The average molecular weight is 321 g/mol. The lowest BCUT2D eigenvalue weighted by Gasteiger charge is -2.33. The lowest BCUT2D eigenvalue weighted by atomic mass is 9.96. The molecule has 1 aliphatic heterocycles. The zero-order chi connectivity index (χ0) is 17.1. The molecule has 0 aromatic heterocycles. The van der Waals surface area contributed by atoms with E-state index in [4.69, 9.17) is 5.73 Å². The Labute approximate surface area is 144 Å². The predicted molar refractivity (Wildman–Crippen MR) is 104 cm³/mol. The van der Waals surface area contributed by atoms with E-state index in [1.54, 1.807) is 6.07 Å². The summed E-state index contributed by atoms with van der Waals surface area (Å²) < 4.78 is 0. The summed E-state index contributed by atoms with van der Waals surface area (Å²) in [6.07, 6.45) is 2.31. The van der Waals surface area contributed by atoms with Crippen LogP contribution in [0.5, 0.6) is 0 Å². The highest BCUT2D eigenvalue weighted by molar-refractivity contribution is 6.32. The summed E-state index contributed by atoms with van der Waals surface area (Å²) in [6, 6.07) is 13.4. The predicted octanol–water partition coefficient (Wildman–Crippen LogP) is 2.02. The summed E-state index contributed by atoms with van der Waals surface area (Å²) in [6.45, 7) is 4.25. The van der Waals surface area contributed by atoms with Crippen molar-refractivity contribution in [2.75, 3.05) is 29.0 Å². The van der Waals surface area contributed by atoms with Crippen molar-refractivity contribution >= 4 is 36.3 Å². The molecular weight excluding hydrogens is 297 g/mol. The fourth-order valence-corrected chi connectivity index (χ4v) is 3.10. The summed E-state index contributed by atoms with van der Waals surface area (Å²) >= 11 is 0. The quantitative estimate of drug-likeness (QED) is 0.672. The minimum absolute atomic E-state index is 0.111. The average Bonchev–Trinajstić information content (AvgIpc) is 2.58. The maximum Gasteiger partial charge on any atom is 0.257 e. The minimum atomic E-state index is -0.111. The van der Waals surface area contributed by atoms with Crippen LogP contribution in [0.3, 0.4) is 0 Å². The number of benzene rings is 2. The van der Waals surface area contributed by atoms with Gasteiger partial charge in [-0.1, -0.05) is 24.5 Å². The van der Waals surface area contributed by atoms with Crippen LogP contribution < -0.4 is 21.4 Å². The Bertz CT molecular complexity index is 722. The zero-order valence-electron chi connectivity index (χ0n) is 14.4. The molecule has 4 nitrogen and oxygen atoms in total. The normalized spacial score (nSPS) is 15.3. The number of rotatable bonds is 3. The van der Waals surface area contributed by atoms with Crippen LogP contribution in [0.25, 0.3) is 0 Å². The highest BCUT2D eigenvalue weighted by atomic mass is 16.1. The number of anilines is 3. The van der Waals surface area contributed by atoms with Crippen molar-refractivity contribution in [3.8, 4) is 0 Å². The number of carbonyl (C=O) groups excluding carboxylic acids is 1. The van der Waals surface area contributed by atoms with Crippen LogP contribution in [0.4, 0.5) is 17.1 Å². The third-order valence-corrected chi connectivity index (χ3v) is 4.70. The number of carbonyl (C=O) groups is 1. The summed E-state index contributed by atoms with van der Waals surface area (Å²) in [5, 5.41) is 2.98. The van der Waals surface area contributed by atoms with Gasteiger partial charge < -0.3 is 16.0 Å². The van der Waals surface area contributed by atoms with Gasteiger partial charge in [0.15, 0.2) is 0 Å². The Kier molecular flexibility index (Phi) is 4.79. The van der Waals surface area contributed by atoms with Gasteiger partial charge in [0.2, 0.25) is 0 Å². The molecule has 1 saturated heterocycles. The van der Waals surface area contributed by atoms with Crippen LogP contribution in [0.1, 0.15) is 30.1 Å². The van der Waals surface area contributed by atoms with Gasteiger partial charge in [-0.2, -0.15) is 0 Å². The fourth-order valence-electron chi connectivity index (χ4n) is 3.10. The Balaban J connectivity index is 1.84. The molecule has 0 spiro atoms. The number of amides is 1. The van der Waals surface area contributed by atoms with Gasteiger partial charge in [0.05, 0.1) is 5.56 Å². The van der Waals surface area contributed by atoms with Crippen molar-refractivity contribution in [3.63, 3.8) is 0 Å². The van der Waals surface area contributed by atoms with Gasteiger partial charge in [0.1, 0.15) is 7.85 Å². The Morgan fingerprint density at radius 2 is 1.83 bits per heavy atom. The Hall–Kier alpha value is -2.43. The van der Waals surface area contributed by atoms with E-state index in [1.807, 2.05) is 44.2 Å². The molecule has 1 aliphatic rings. The van der Waals surface area contributed by atoms with Crippen LogP contribution >= 0.6 is 0 Å². The highest BCUT2D eigenvalue weighted by Gasteiger charge is 2.21. The number of hydrogen-bond donors (Lipinski definition) is 2. The van der Waals surface area contributed by atoms with Crippen LogP contribution in [0.15, 0.2) is 42.5 Å². The van der Waals surface area contributed by atoms with Crippen molar-refractivity contribution in [2.45, 2.75) is 19.8 Å². The van der Waals surface area contributed by atoms with Crippen molar-refractivity contribution in [2.24, 2.45) is 5.92 Å². The van der Waals surface area contributed by atoms with E-state index in [0.29, 0.717) is 11.3 Å². The molecule has 0 radical (unpaired) electrons. The maximum atomic E-state index is 12.8. The number of piperidine rings is 1. The molecule has 0 unspecified atom stereocenters. The summed E-state index contributed by atoms with van der Waals surface area (Å²) in [7, 11) is 2.03. The van der Waals surface area contributed by atoms with E-state index in [9.17, 15) is 4.79 Å². The third kappa shape index (κ3) is 3.73. The standard InChI is InChI=1S/C19H24BN3O/c1-13-8-10-23(11-9-13)18-7-4-15(21)12-17(18)19(24)22-16-5-2-14(20)3-6-16/h2-7,12-13H,8-11,20-21H2,1H3,(H,22,24). The number of nitrogen functional groups attached to an aromatic ring is 1. The summed E-state index contributed by atoms with van der Waals surface area (Å²) in [5.74, 6) is 0.639. The molecule has 24 heavy (non-hydrogen) atoms. The van der Waals surface area contributed by atoms with Gasteiger partial charge in [-0.25, -0.2) is 0 Å². The Morgan fingerprint density at radius 3 is 2.50 bits per heavy atom. The van der Waals surface area contributed by atoms with E-state index in [1.165, 1.54) is 5.46 Å². The maximum absolute atomic E-state index is 12.8. The van der Waals surface area contributed by atoms with E-state index < -0.39 is 0 Å². The zero-order valence-corrected chi connectivity index (χ0v) is 14.4. The van der Waals surface area contributed by atoms with Crippen LogP contribution in [-0.4, -0.2) is 26.8 Å². The molecule has 0 atom stereocenters. The number of nitrogens with zero attached hydrogens (tertiary/aromatic N) is 1. The van der Waals surface area contributed by atoms with Crippen LogP contribution in [0, 0.1) is 5.92 Å². The number of nitrogens with two attached hydrogens (primary N) is 1. The monoisotopic (exact) mass is 321 g/mol. The second-order valence-corrected chi connectivity index (χ2v) is 6.77. The van der Waals surface area contributed by atoms with Gasteiger partial charge >= 0.3 is 0 Å². The van der Waals surface area contributed by atoms with Crippen molar-refractivity contribution in [3.05, 3.63) is 48.0 Å². The molecule has 0 saturated carbocycles. The molecule has 124 valence electrons. The van der Waals surface area contributed by atoms with Gasteiger partial charge in [-0.3, -0.25) is 4.79 Å². The molecule has 2 aromatic rings. The molecule has 0 bridgehead atoms. The minimum Gasteiger partial charge on any atom is -0.399 e. The molecule has 3 rings (SSSR count). The van der Waals surface area contributed by atoms with Crippen molar-refractivity contribution in [1.82, 2.24) is 0 Å². The van der Waals surface area contributed by atoms with Gasteiger partial charge in [-0.15, -0.1) is 0 Å². The van der Waals surface area contributed by atoms with E-state index in [-0.39, 0.29) is 5.91 Å². The van der Waals surface area contributed by atoms with Crippen LogP contribution in [-0.2, 0) is 0 Å². The molecule has 1 amide bonds. The third-order valence-electron chi connectivity index (χ3n) is 4.70. The first-order valence-corrected chi connectivity index (χ1v) is 8.55. The molecular formula is C19H24BN3O. The number of nitrogens with one attached hydrogen (secondary N) is 1.